The van der Waals surface area contributed by atoms with Crippen LogP contribution in [0.2, 0.25) is 0 Å². The summed E-state index contributed by atoms with van der Waals surface area (Å²) in [5, 5.41) is 6.75. The van der Waals surface area contributed by atoms with E-state index in [1.807, 2.05) is 30.3 Å². The molecular weight excluding hydrogens is 476 g/mol. The van der Waals surface area contributed by atoms with E-state index in [2.05, 4.69) is 15.2 Å². The van der Waals surface area contributed by atoms with E-state index in [9.17, 15) is 26.3 Å². The Kier molecular flexibility index (Phi) is 7.18. The molecule has 0 bridgehead atoms. The van der Waals surface area contributed by atoms with Crippen molar-refractivity contribution in [1.29, 1.82) is 0 Å². The summed E-state index contributed by atoms with van der Waals surface area (Å²) in [7, 11) is 0. The molecule has 1 fully saturated rings. The molecule has 1 aliphatic heterocycles. The first kappa shape index (κ1) is 25.2. The summed E-state index contributed by atoms with van der Waals surface area (Å²) in [5.41, 5.74) is -2.04. The van der Waals surface area contributed by atoms with Gasteiger partial charge >= 0.3 is 12.4 Å². The molecule has 5 nitrogen and oxygen atoms in total. The van der Waals surface area contributed by atoms with Crippen molar-refractivity contribution in [2.45, 2.75) is 43.8 Å². The summed E-state index contributed by atoms with van der Waals surface area (Å²) in [6.07, 6.45) is -9.62. The predicted molar refractivity (Wildman–Crippen MR) is 113 cm³/mol. The average molecular weight is 499 g/mol. The molecular formula is C24H23F6N3O2. The maximum absolute atomic E-state index is 13.3. The van der Waals surface area contributed by atoms with Crippen LogP contribution in [-0.4, -0.2) is 34.5 Å². The van der Waals surface area contributed by atoms with Crippen LogP contribution in [0.5, 0.6) is 0 Å². The van der Waals surface area contributed by atoms with Crippen LogP contribution >= 0.6 is 0 Å². The van der Waals surface area contributed by atoms with E-state index in [0.29, 0.717) is 31.0 Å². The van der Waals surface area contributed by atoms with Crippen LogP contribution in [0.25, 0.3) is 0 Å². The van der Waals surface area contributed by atoms with Crippen LogP contribution < -0.4 is 0 Å². The Balaban J connectivity index is 1.64. The fourth-order valence-corrected chi connectivity index (χ4v) is 4.44. The van der Waals surface area contributed by atoms with E-state index in [4.69, 9.17) is 9.47 Å². The SMILES string of the molecule is CC(OC1COCC(Cc2nc[nH]n2)C1c1ccccc1)c1cc(C(F)(F)F)cc(C(F)(F)F)c1. The van der Waals surface area contributed by atoms with Crippen molar-refractivity contribution < 1.29 is 35.8 Å². The molecule has 3 aromatic rings. The van der Waals surface area contributed by atoms with Gasteiger partial charge in [-0.3, -0.25) is 5.10 Å². The quantitative estimate of drug-likeness (QED) is 0.425. The van der Waals surface area contributed by atoms with E-state index < -0.39 is 35.7 Å². The third kappa shape index (κ3) is 6.02. The Morgan fingerprint density at radius 3 is 2.23 bits per heavy atom. The van der Waals surface area contributed by atoms with Gasteiger partial charge in [0.25, 0.3) is 0 Å². The number of ether oxygens (including phenoxy) is 2. The highest BCUT2D eigenvalue weighted by Gasteiger charge is 2.40. The van der Waals surface area contributed by atoms with Crippen LogP contribution in [0.1, 0.15) is 47.0 Å². The van der Waals surface area contributed by atoms with Crippen molar-refractivity contribution in [1.82, 2.24) is 15.2 Å². The monoisotopic (exact) mass is 499 g/mol. The minimum atomic E-state index is -4.93. The molecule has 0 amide bonds. The average Bonchev–Trinajstić information content (AvgIpc) is 3.31. The zero-order valence-corrected chi connectivity index (χ0v) is 18.6. The lowest BCUT2D eigenvalue weighted by molar-refractivity contribution is -0.143. The largest absolute Gasteiger partial charge is 0.416 e. The van der Waals surface area contributed by atoms with Crippen molar-refractivity contribution in [2.24, 2.45) is 5.92 Å². The third-order valence-corrected chi connectivity index (χ3v) is 6.07. The maximum atomic E-state index is 13.3. The highest BCUT2D eigenvalue weighted by molar-refractivity contribution is 5.35. The molecule has 1 aliphatic rings. The number of halogens is 6. The highest BCUT2D eigenvalue weighted by atomic mass is 19.4. The van der Waals surface area contributed by atoms with E-state index in [1.54, 1.807) is 0 Å². The van der Waals surface area contributed by atoms with Crippen LogP contribution in [0, 0.1) is 5.92 Å². The number of aromatic amines is 1. The van der Waals surface area contributed by atoms with Crippen LogP contribution in [-0.2, 0) is 28.2 Å². The van der Waals surface area contributed by atoms with E-state index in [0.717, 1.165) is 5.56 Å². The molecule has 1 N–H and O–H groups in total. The van der Waals surface area contributed by atoms with Gasteiger partial charge in [0.1, 0.15) is 6.33 Å². The number of rotatable bonds is 6. The fourth-order valence-electron chi connectivity index (χ4n) is 4.44. The molecule has 0 spiro atoms. The zero-order valence-electron chi connectivity index (χ0n) is 18.6. The van der Waals surface area contributed by atoms with Crippen LogP contribution in [0.4, 0.5) is 26.3 Å². The van der Waals surface area contributed by atoms with Crippen LogP contribution in [0.15, 0.2) is 54.9 Å². The third-order valence-electron chi connectivity index (χ3n) is 6.07. The first-order chi connectivity index (χ1) is 16.5. The van der Waals surface area contributed by atoms with E-state index in [1.165, 1.54) is 13.3 Å². The molecule has 0 aliphatic carbocycles. The standard InChI is InChI=1S/C24H23F6N3O2/c1-14(16-7-18(23(25,26)27)10-19(8-16)24(28,29)30)35-20-12-34-11-17(9-21-31-13-32-33-21)22(20)15-5-3-2-4-6-15/h2-8,10,13-14,17,20,22H,9,11-12H2,1H3,(H,31,32,33). The number of aromatic nitrogens is 3. The molecule has 2 aromatic carbocycles. The number of hydrogen-bond donors (Lipinski definition) is 1. The Labute approximate surface area is 197 Å². The molecule has 4 unspecified atom stereocenters. The Bertz CT molecular complexity index is 1070. The lowest BCUT2D eigenvalue weighted by Crippen LogP contribution is -2.41. The molecule has 1 saturated heterocycles. The van der Waals surface area contributed by atoms with Crippen molar-refractivity contribution >= 4 is 0 Å². The molecule has 0 radical (unpaired) electrons. The maximum Gasteiger partial charge on any atom is 0.416 e. The molecule has 4 rings (SSSR count). The van der Waals surface area contributed by atoms with Gasteiger partial charge in [0.15, 0.2) is 5.82 Å². The summed E-state index contributed by atoms with van der Waals surface area (Å²) >= 11 is 0. The first-order valence-corrected chi connectivity index (χ1v) is 10.9. The summed E-state index contributed by atoms with van der Waals surface area (Å²) in [6.45, 7) is 1.96. The summed E-state index contributed by atoms with van der Waals surface area (Å²) in [5.74, 6) is 0.214. The van der Waals surface area contributed by atoms with Crippen molar-refractivity contribution in [3.05, 3.63) is 82.9 Å². The minimum absolute atomic E-state index is 0.111. The van der Waals surface area contributed by atoms with Gasteiger partial charge < -0.3 is 9.47 Å². The lowest BCUT2D eigenvalue weighted by Gasteiger charge is -2.39. The lowest BCUT2D eigenvalue weighted by atomic mass is 9.79. The van der Waals surface area contributed by atoms with Crippen molar-refractivity contribution in [2.75, 3.05) is 13.2 Å². The Hall–Kier alpha value is -2.92. The van der Waals surface area contributed by atoms with Crippen molar-refractivity contribution in [3.8, 4) is 0 Å². The number of nitrogens with zero attached hydrogens (tertiary/aromatic N) is 2. The number of H-pyrrole nitrogens is 1. The van der Waals surface area contributed by atoms with Gasteiger partial charge in [0, 0.05) is 12.3 Å². The number of benzene rings is 2. The summed E-state index contributed by atoms with van der Waals surface area (Å²) in [4.78, 5) is 4.16. The van der Waals surface area contributed by atoms with E-state index in [-0.39, 0.29) is 30.1 Å². The minimum Gasteiger partial charge on any atom is -0.378 e. The normalized spacial score (nSPS) is 22.2. The molecule has 35 heavy (non-hydrogen) atoms. The van der Waals surface area contributed by atoms with Gasteiger partial charge in [-0.15, -0.1) is 0 Å². The smallest absolute Gasteiger partial charge is 0.378 e. The van der Waals surface area contributed by atoms with Gasteiger partial charge in [0.05, 0.1) is 36.5 Å². The molecule has 1 aromatic heterocycles. The highest BCUT2D eigenvalue weighted by Crippen LogP contribution is 2.41. The first-order valence-electron chi connectivity index (χ1n) is 10.9. The second-order valence-corrected chi connectivity index (χ2v) is 8.51. The van der Waals surface area contributed by atoms with Gasteiger partial charge in [-0.2, -0.15) is 31.4 Å². The van der Waals surface area contributed by atoms with Crippen LogP contribution in [0.3, 0.4) is 0 Å². The molecule has 188 valence electrons. The predicted octanol–water partition coefficient (Wildman–Crippen LogP) is 5.96. The van der Waals surface area contributed by atoms with Gasteiger partial charge in [0.2, 0.25) is 0 Å². The second-order valence-electron chi connectivity index (χ2n) is 8.51. The fraction of sp³-hybridized carbons (Fsp3) is 0.417. The Morgan fingerprint density at radius 1 is 1.00 bits per heavy atom. The van der Waals surface area contributed by atoms with Crippen molar-refractivity contribution in [3.63, 3.8) is 0 Å². The molecule has 2 heterocycles. The summed E-state index contributed by atoms with van der Waals surface area (Å²) in [6, 6.07) is 10.9. The number of hydrogen-bond acceptors (Lipinski definition) is 4. The van der Waals surface area contributed by atoms with Gasteiger partial charge in [-0.25, -0.2) is 4.98 Å². The Morgan fingerprint density at radius 2 is 1.66 bits per heavy atom. The topological polar surface area (TPSA) is 60.0 Å². The van der Waals surface area contributed by atoms with Gasteiger partial charge in [-0.05, 0) is 42.2 Å². The molecule has 4 atom stereocenters. The zero-order chi connectivity index (χ0) is 25.2. The number of alkyl halides is 6. The number of nitrogens with one attached hydrogen (secondary N) is 1. The summed E-state index contributed by atoms with van der Waals surface area (Å²) < 4.78 is 91.8. The molecule has 0 saturated carbocycles. The van der Waals surface area contributed by atoms with E-state index >= 15 is 0 Å². The van der Waals surface area contributed by atoms with Gasteiger partial charge in [-0.1, -0.05) is 30.3 Å². The second kappa shape index (κ2) is 9.98. The molecule has 11 heteroatoms.